The van der Waals surface area contributed by atoms with Crippen LogP contribution in [0, 0.1) is 6.92 Å². The number of fused-ring (bicyclic) bond motifs is 3. The molecule has 3 aliphatic heterocycles. The summed E-state index contributed by atoms with van der Waals surface area (Å²) in [5.74, 6) is 1.40. The maximum atomic E-state index is 14.5. The maximum absolute atomic E-state index is 14.5. The van der Waals surface area contributed by atoms with Crippen molar-refractivity contribution in [2.45, 2.75) is 37.5 Å². The lowest BCUT2D eigenvalue weighted by atomic mass is 9.91. The number of hydrogen-bond acceptors (Lipinski definition) is 10. The van der Waals surface area contributed by atoms with Crippen molar-refractivity contribution >= 4 is 40.5 Å². The van der Waals surface area contributed by atoms with Crippen molar-refractivity contribution in [3.05, 3.63) is 219 Å². The van der Waals surface area contributed by atoms with E-state index in [-0.39, 0.29) is 36.7 Å². The van der Waals surface area contributed by atoms with E-state index in [1.165, 1.54) is 22.7 Å². The molecule has 0 unspecified atom stereocenters. The van der Waals surface area contributed by atoms with Crippen LogP contribution in [0.5, 0.6) is 17.2 Å². The molecule has 4 aliphatic rings. The number of β-lactam (4-membered cyclic amide) rings is 1. The van der Waals surface area contributed by atoms with Gasteiger partial charge in [0.05, 0.1) is 13.5 Å². The predicted octanol–water partition coefficient (Wildman–Crippen LogP) is 10.1. The number of aryl methyl sites for hydroxylation is 1. The Morgan fingerprint density at radius 3 is 2.06 bits per heavy atom. The van der Waals surface area contributed by atoms with Gasteiger partial charge in [-0.2, -0.15) is 0 Å². The van der Waals surface area contributed by atoms with Gasteiger partial charge in [-0.05, 0) is 88.8 Å². The number of methoxy groups -OCH3 is 1. The maximum Gasteiger partial charge on any atom is 0.356 e. The number of esters is 1. The molecule has 0 bridgehead atoms. The molecule has 1 saturated heterocycles. The second-order valence-corrected chi connectivity index (χ2v) is 18.0. The Kier molecular flexibility index (Phi) is 12.7. The van der Waals surface area contributed by atoms with Gasteiger partial charge >= 0.3 is 5.97 Å². The summed E-state index contributed by atoms with van der Waals surface area (Å²) in [5, 5.41) is 3.28. The van der Waals surface area contributed by atoms with E-state index in [0.29, 0.717) is 34.2 Å². The summed E-state index contributed by atoms with van der Waals surface area (Å²) in [6.45, 7) is 2.29. The van der Waals surface area contributed by atoms with Crippen LogP contribution in [0.4, 0.5) is 0 Å². The molecule has 0 radical (unpaired) electrons. The predicted molar refractivity (Wildman–Crippen MR) is 265 cm³/mol. The van der Waals surface area contributed by atoms with Gasteiger partial charge in [0, 0.05) is 40.0 Å². The Hall–Kier alpha value is -8.09. The molecular weight excluding hydrogens is 889 g/mol. The summed E-state index contributed by atoms with van der Waals surface area (Å²) < 4.78 is 30.7. The van der Waals surface area contributed by atoms with Crippen LogP contribution >= 0.6 is 11.8 Å². The molecule has 10 rings (SSSR count). The van der Waals surface area contributed by atoms with Crippen LogP contribution < -0.4 is 25.0 Å². The van der Waals surface area contributed by atoms with Crippen molar-refractivity contribution in [2.24, 2.45) is 0 Å². The average molecular weight is 935 g/mol. The Morgan fingerprint density at radius 2 is 1.36 bits per heavy atom. The standard InChI is InChI=1S/C57H46N2O9S/c1-35-28-43(64-2)23-26-45(35)51-46-25-20-41(60)30-48(46)67-49-31-44(24-27-47(49)51)65-32-37-18-21-42(22-19-37)66-33-40-34-69-56-52(58-50(61)29-36-12-6-3-7-13-36)55(62)59(56)53(40)57(63)68-54(38-14-8-4-9-15-38)39-16-10-5-11-17-39/h3-28,30-31,52,54,56H,29,32-34H2,1-2H3,(H,58,61)/t52-,56-/m1/s1. The molecule has 12 heteroatoms. The Balaban J connectivity index is 0.864. The SMILES string of the molecule is COc1ccc(-c2c3ccc(=O)cc-3oc3cc(OCc4ccc(OCC5=C(C(=O)OC(c6ccccc6)c6ccccc6)N6C(=O)[C@@H](NC(=O)Cc7ccccc7)[C@H]6SC5)cc4)ccc23)c(C)c1. The van der Waals surface area contributed by atoms with Crippen LogP contribution in [0.3, 0.4) is 0 Å². The lowest BCUT2D eigenvalue weighted by molar-refractivity contribution is -0.154. The lowest BCUT2D eigenvalue weighted by Crippen LogP contribution is -2.70. The van der Waals surface area contributed by atoms with Crippen LogP contribution in [-0.4, -0.2) is 53.6 Å². The van der Waals surface area contributed by atoms with Crippen molar-refractivity contribution in [3.8, 4) is 39.7 Å². The van der Waals surface area contributed by atoms with Crippen molar-refractivity contribution in [1.82, 2.24) is 10.2 Å². The molecule has 0 saturated carbocycles. The fourth-order valence-corrected chi connectivity index (χ4v) is 10.2. The normalized spacial score (nSPS) is 15.4. The molecule has 3 heterocycles. The van der Waals surface area contributed by atoms with Gasteiger partial charge in [-0.3, -0.25) is 19.3 Å². The molecule has 0 spiro atoms. The van der Waals surface area contributed by atoms with Crippen LogP contribution in [0.15, 0.2) is 190 Å². The zero-order chi connectivity index (χ0) is 47.4. The number of benzene rings is 7. The number of carbonyl (C=O) groups excluding carboxylic acids is 3. The molecule has 1 fully saturated rings. The average Bonchev–Trinajstić information content (AvgIpc) is 3.38. The molecule has 2 amide bonds. The van der Waals surface area contributed by atoms with Gasteiger partial charge in [0.25, 0.3) is 5.91 Å². The number of amides is 2. The minimum absolute atomic E-state index is 0.0112. The zero-order valence-electron chi connectivity index (χ0n) is 37.8. The number of hydrogen-bond donors (Lipinski definition) is 1. The molecule has 6 aromatic carbocycles. The summed E-state index contributed by atoms with van der Waals surface area (Å²) in [7, 11) is 1.64. The van der Waals surface area contributed by atoms with E-state index >= 15 is 0 Å². The van der Waals surface area contributed by atoms with Gasteiger partial charge in [0.2, 0.25) is 5.91 Å². The van der Waals surface area contributed by atoms with Crippen LogP contribution in [-0.2, 0) is 32.1 Å². The van der Waals surface area contributed by atoms with Crippen molar-refractivity contribution in [2.75, 3.05) is 19.5 Å². The van der Waals surface area contributed by atoms with E-state index < -0.39 is 29.4 Å². The van der Waals surface area contributed by atoms with Gasteiger partial charge in [0.1, 0.15) is 58.9 Å². The fraction of sp³-hybridized carbons (Fsp3) is 0.158. The summed E-state index contributed by atoms with van der Waals surface area (Å²) in [6, 6.07) is 51.4. The Labute approximate surface area is 402 Å². The molecule has 2 atom stereocenters. The van der Waals surface area contributed by atoms with Gasteiger partial charge in [0.15, 0.2) is 11.5 Å². The first-order valence-corrected chi connectivity index (χ1v) is 23.6. The lowest BCUT2D eigenvalue weighted by Gasteiger charge is -2.49. The number of thioether (sulfide) groups is 1. The molecule has 69 heavy (non-hydrogen) atoms. The highest BCUT2D eigenvalue weighted by molar-refractivity contribution is 8.00. The molecule has 1 N–H and O–H groups in total. The molecule has 6 aromatic rings. The van der Waals surface area contributed by atoms with Crippen molar-refractivity contribution in [1.29, 1.82) is 0 Å². The van der Waals surface area contributed by atoms with Gasteiger partial charge < -0.3 is 28.7 Å². The van der Waals surface area contributed by atoms with Gasteiger partial charge in [-0.25, -0.2) is 4.79 Å². The number of rotatable bonds is 15. The molecule has 11 nitrogen and oxygen atoms in total. The third-order valence-corrected chi connectivity index (χ3v) is 13.6. The monoisotopic (exact) mass is 934 g/mol. The molecule has 344 valence electrons. The van der Waals surface area contributed by atoms with Crippen LogP contribution in [0.1, 0.15) is 33.9 Å². The smallest absolute Gasteiger partial charge is 0.356 e. The first-order valence-electron chi connectivity index (χ1n) is 22.5. The van der Waals surface area contributed by atoms with E-state index in [9.17, 15) is 19.2 Å². The van der Waals surface area contributed by atoms with Crippen molar-refractivity contribution in [3.63, 3.8) is 0 Å². The van der Waals surface area contributed by atoms with Crippen LogP contribution in [0.2, 0.25) is 0 Å². The summed E-state index contributed by atoms with van der Waals surface area (Å²) >= 11 is 1.46. The second-order valence-electron chi connectivity index (χ2n) is 16.9. The third-order valence-electron chi connectivity index (χ3n) is 12.3. The Morgan fingerprint density at radius 1 is 0.710 bits per heavy atom. The van der Waals surface area contributed by atoms with E-state index in [1.54, 1.807) is 19.2 Å². The van der Waals surface area contributed by atoms with Crippen LogP contribution in [0.25, 0.3) is 33.4 Å². The number of nitrogens with zero attached hydrogens (tertiary/aromatic N) is 1. The first-order chi connectivity index (χ1) is 33.7. The highest BCUT2D eigenvalue weighted by Crippen LogP contribution is 2.44. The van der Waals surface area contributed by atoms with E-state index in [4.69, 9.17) is 23.4 Å². The number of carbonyl (C=O) groups is 3. The summed E-state index contributed by atoms with van der Waals surface area (Å²) in [6.07, 6.45) is -0.617. The van der Waals surface area contributed by atoms with E-state index in [1.807, 2.05) is 159 Å². The minimum Gasteiger partial charge on any atom is -0.497 e. The number of ether oxygens (including phenoxy) is 4. The second kappa shape index (κ2) is 19.6. The summed E-state index contributed by atoms with van der Waals surface area (Å²) in [5.41, 5.74) is 8.19. The first kappa shape index (κ1) is 44.7. The van der Waals surface area contributed by atoms with E-state index in [0.717, 1.165) is 55.6 Å². The Bertz CT molecular complexity index is 3210. The third kappa shape index (κ3) is 9.44. The largest absolute Gasteiger partial charge is 0.497 e. The quantitative estimate of drug-likeness (QED) is 0.0602. The van der Waals surface area contributed by atoms with Gasteiger partial charge in [-0.1, -0.05) is 109 Å². The van der Waals surface area contributed by atoms with Gasteiger partial charge in [-0.15, -0.1) is 11.8 Å². The topological polar surface area (TPSA) is 134 Å². The zero-order valence-corrected chi connectivity index (χ0v) is 38.6. The van der Waals surface area contributed by atoms with Crippen molar-refractivity contribution < 1.29 is 37.7 Å². The molecule has 0 aromatic heterocycles. The van der Waals surface area contributed by atoms with E-state index in [2.05, 4.69) is 5.32 Å². The minimum atomic E-state index is -0.803. The molecular formula is C57H46N2O9S. The highest BCUT2D eigenvalue weighted by Gasteiger charge is 2.54. The summed E-state index contributed by atoms with van der Waals surface area (Å²) in [4.78, 5) is 55.5. The fourth-order valence-electron chi connectivity index (χ4n) is 8.83. The highest BCUT2D eigenvalue weighted by atomic mass is 32.2. The number of nitrogens with one attached hydrogen (secondary N) is 1. The molecule has 1 aliphatic carbocycles.